The first-order chi connectivity index (χ1) is 7.34. The van der Waals surface area contributed by atoms with Gasteiger partial charge in [0.1, 0.15) is 35.8 Å². The molecule has 2 nitrogen and oxygen atoms in total. The highest BCUT2D eigenvalue weighted by atomic mass is 16.5. The summed E-state index contributed by atoms with van der Waals surface area (Å²) in [5, 5.41) is 9.08. The summed E-state index contributed by atoms with van der Waals surface area (Å²) in [6.07, 6.45) is 10.6. The minimum atomic E-state index is 0.247. The average molecular weight is 199 g/mol. The second-order valence-corrected chi connectivity index (χ2v) is 3.19. The minimum absolute atomic E-state index is 0.247. The van der Waals surface area contributed by atoms with Crippen molar-refractivity contribution < 1.29 is 9.84 Å². The Labute approximate surface area is 88.8 Å². The lowest BCUT2D eigenvalue weighted by Gasteiger charge is -2.04. The van der Waals surface area contributed by atoms with Crippen molar-refractivity contribution in [3.05, 3.63) is 60.2 Å². The zero-order valence-corrected chi connectivity index (χ0v) is 8.18. The van der Waals surface area contributed by atoms with Crippen molar-refractivity contribution in [2.24, 2.45) is 0 Å². The highest BCUT2D eigenvalue weighted by molar-refractivity contribution is 5.33. The Hall–Kier alpha value is -2.05. The van der Waals surface area contributed by atoms with Crippen LogP contribution in [0.25, 0.3) is 0 Å². The molecule has 0 spiro atoms. The molecule has 0 atom stereocenters. The van der Waals surface area contributed by atoms with Gasteiger partial charge in [-0.15, -0.1) is 0 Å². The third kappa shape index (κ3) is 2.70. The SMILES string of the molecule is Oc1ccc(OCC2=CC=[C+]C=C2)cc1. The summed E-state index contributed by atoms with van der Waals surface area (Å²) < 4.78 is 5.52. The maximum atomic E-state index is 9.08. The molecule has 0 fully saturated rings. The number of benzene rings is 1. The molecule has 1 aromatic rings. The van der Waals surface area contributed by atoms with Gasteiger partial charge in [0.25, 0.3) is 0 Å². The first-order valence-corrected chi connectivity index (χ1v) is 4.71. The summed E-state index contributed by atoms with van der Waals surface area (Å²) in [5.41, 5.74) is 1.10. The van der Waals surface area contributed by atoms with E-state index >= 15 is 0 Å². The number of hydrogen-bond donors (Lipinski definition) is 1. The smallest absolute Gasteiger partial charge is 0.138 e. The number of aromatic hydroxyl groups is 1. The standard InChI is InChI=1S/C13H10O2/c14-12-6-8-13(9-7-12)15-10-11-4-2-1-3-5-11/h2-9H,10H2/p+1. The lowest BCUT2D eigenvalue weighted by atomic mass is 10.2. The van der Waals surface area contributed by atoms with Crippen LogP contribution in [0.2, 0.25) is 0 Å². The Balaban J connectivity index is 1.93. The van der Waals surface area contributed by atoms with Gasteiger partial charge in [0, 0.05) is 6.08 Å². The van der Waals surface area contributed by atoms with Gasteiger partial charge in [-0.05, 0) is 24.3 Å². The van der Waals surface area contributed by atoms with Crippen molar-refractivity contribution in [1.82, 2.24) is 0 Å². The number of phenolic OH excluding ortho intramolecular Hbond substituents is 1. The number of allylic oxidation sites excluding steroid dienone is 4. The van der Waals surface area contributed by atoms with Gasteiger partial charge in [-0.3, -0.25) is 0 Å². The van der Waals surface area contributed by atoms with Gasteiger partial charge < -0.3 is 9.84 Å². The first kappa shape index (κ1) is 9.50. The molecule has 1 aliphatic rings. The maximum absolute atomic E-state index is 9.08. The van der Waals surface area contributed by atoms with Crippen LogP contribution in [0.3, 0.4) is 0 Å². The largest absolute Gasteiger partial charge is 0.508 e. The van der Waals surface area contributed by atoms with Gasteiger partial charge in [0.05, 0.1) is 12.2 Å². The molecule has 15 heavy (non-hydrogen) atoms. The van der Waals surface area contributed by atoms with Crippen LogP contribution in [-0.2, 0) is 0 Å². The number of ether oxygens (including phenoxy) is 1. The first-order valence-electron chi connectivity index (χ1n) is 4.71. The maximum Gasteiger partial charge on any atom is 0.138 e. The molecule has 0 aliphatic heterocycles. The van der Waals surface area contributed by atoms with Crippen LogP contribution in [-0.4, -0.2) is 11.7 Å². The van der Waals surface area contributed by atoms with Crippen LogP contribution in [0, 0.1) is 6.08 Å². The second-order valence-electron chi connectivity index (χ2n) is 3.19. The van der Waals surface area contributed by atoms with Gasteiger partial charge in [-0.1, -0.05) is 0 Å². The molecular weight excluding hydrogens is 188 g/mol. The molecule has 0 saturated heterocycles. The second kappa shape index (κ2) is 4.45. The molecule has 0 radical (unpaired) electrons. The number of hydrogen-bond acceptors (Lipinski definition) is 2. The van der Waals surface area contributed by atoms with Gasteiger partial charge in [0.15, 0.2) is 0 Å². The van der Waals surface area contributed by atoms with Crippen LogP contribution in [0.15, 0.2) is 54.1 Å². The number of rotatable bonds is 3. The van der Waals surface area contributed by atoms with Crippen molar-refractivity contribution in [3.63, 3.8) is 0 Å². The fourth-order valence-corrected chi connectivity index (χ4v) is 1.23. The van der Waals surface area contributed by atoms with Crippen LogP contribution < -0.4 is 4.74 Å². The van der Waals surface area contributed by atoms with Crippen LogP contribution in [0.4, 0.5) is 0 Å². The van der Waals surface area contributed by atoms with E-state index < -0.39 is 0 Å². The Bertz CT molecular complexity index is 411. The summed E-state index contributed by atoms with van der Waals surface area (Å²) in [6, 6.07) is 6.69. The van der Waals surface area contributed by atoms with Crippen molar-refractivity contribution in [2.75, 3.05) is 6.61 Å². The minimum Gasteiger partial charge on any atom is -0.508 e. The summed E-state index contributed by atoms with van der Waals surface area (Å²) in [6.45, 7) is 0.527. The molecule has 0 heterocycles. The van der Waals surface area contributed by atoms with Crippen molar-refractivity contribution in [3.8, 4) is 11.5 Å². The molecule has 0 saturated carbocycles. The molecule has 1 N–H and O–H groups in total. The van der Waals surface area contributed by atoms with E-state index in [9.17, 15) is 0 Å². The average Bonchev–Trinajstić information content (AvgIpc) is 2.30. The Morgan fingerprint density at radius 3 is 2.67 bits per heavy atom. The molecule has 2 heteroatoms. The monoisotopic (exact) mass is 199 g/mol. The summed E-state index contributed by atoms with van der Waals surface area (Å²) in [5.74, 6) is 0.997. The lowest BCUT2D eigenvalue weighted by Crippen LogP contribution is -1.99. The number of phenols is 1. The predicted molar refractivity (Wildman–Crippen MR) is 58.6 cm³/mol. The fraction of sp³-hybridized carbons (Fsp3) is 0.0769. The molecule has 0 unspecified atom stereocenters. The molecule has 0 amide bonds. The molecule has 74 valence electrons. The van der Waals surface area contributed by atoms with E-state index in [0.717, 1.165) is 11.3 Å². The Morgan fingerprint density at radius 2 is 2.00 bits per heavy atom. The molecule has 0 aromatic heterocycles. The van der Waals surface area contributed by atoms with E-state index in [0.29, 0.717) is 6.61 Å². The van der Waals surface area contributed by atoms with E-state index in [4.69, 9.17) is 9.84 Å². The van der Waals surface area contributed by atoms with Crippen molar-refractivity contribution in [2.45, 2.75) is 0 Å². The van der Waals surface area contributed by atoms with E-state index in [2.05, 4.69) is 6.08 Å². The third-order valence-electron chi connectivity index (χ3n) is 2.03. The predicted octanol–water partition coefficient (Wildman–Crippen LogP) is 2.63. The van der Waals surface area contributed by atoms with E-state index in [1.54, 1.807) is 24.3 Å². The highest BCUT2D eigenvalue weighted by Crippen LogP contribution is 2.17. The normalized spacial score (nSPS) is 13.2. The van der Waals surface area contributed by atoms with E-state index in [-0.39, 0.29) is 5.75 Å². The lowest BCUT2D eigenvalue weighted by molar-refractivity contribution is 0.354. The van der Waals surface area contributed by atoms with Gasteiger partial charge in [0.2, 0.25) is 0 Å². The van der Waals surface area contributed by atoms with E-state index in [1.165, 1.54) is 0 Å². The molecule has 2 rings (SSSR count). The molecule has 1 aromatic carbocycles. The quantitative estimate of drug-likeness (QED) is 0.758. The summed E-state index contributed by atoms with van der Waals surface area (Å²) in [4.78, 5) is 0. The Morgan fingerprint density at radius 1 is 1.20 bits per heavy atom. The van der Waals surface area contributed by atoms with Gasteiger partial charge in [-0.25, -0.2) is 0 Å². The Kier molecular flexibility index (Phi) is 2.82. The summed E-state index contributed by atoms with van der Waals surface area (Å²) >= 11 is 0. The van der Waals surface area contributed by atoms with Gasteiger partial charge >= 0.3 is 0 Å². The fourth-order valence-electron chi connectivity index (χ4n) is 1.23. The zero-order chi connectivity index (χ0) is 10.5. The van der Waals surface area contributed by atoms with E-state index in [1.807, 2.05) is 24.3 Å². The van der Waals surface area contributed by atoms with Crippen molar-refractivity contribution >= 4 is 0 Å². The molecular formula is C13H11O2+. The zero-order valence-electron chi connectivity index (χ0n) is 8.18. The topological polar surface area (TPSA) is 29.5 Å². The van der Waals surface area contributed by atoms with Crippen LogP contribution in [0.5, 0.6) is 11.5 Å². The molecule has 0 bridgehead atoms. The summed E-state index contributed by atoms with van der Waals surface area (Å²) in [7, 11) is 0. The third-order valence-corrected chi connectivity index (χ3v) is 2.03. The van der Waals surface area contributed by atoms with Gasteiger partial charge in [-0.2, -0.15) is 0 Å². The highest BCUT2D eigenvalue weighted by Gasteiger charge is 2.03. The van der Waals surface area contributed by atoms with Crippen molar-refractivity contribution in [1.29, 1.82) is 0 Å². The molecule has 1 aliphatic carbocycles. The van der Waals surface area contributed by atoms with Crippen LogP contribution in [0.1, 0.15) is 0 Å². The van der Waals surface area contributed by atoms with Crippen LogP contribution >= 0.6 is 0 Å².